The van der Waals surface area contributed by atoms with Crippen LogP contribution in [0.3, 0.4) is 0 Å². The summed E-state index contributed by atoms with van der Waals surface area (Å²) < 4.78 is 2.20. The van der Waals surface area contributed by atoms with Crippen LogP contribution in [0.5, 0.6) is 0 Å². The number of anilines is 1. The molecule has 6 nitrogen and oxygen atoms in total. The van der Waals surface area contributed by atoms with Crippen molar-refractivity contribution in [1.82, 2.24) is 24.3 Å². The van der Waals surface area contributed by atoms with Crippen LogP contribution in [-0.4, -0.2) is 51.4 Å². The SMILES string of the molecule is CN(C)c1nc([C@@]2(C)CCCN(Cc3cnccn3)C2)cn2cccc12. The van der Waals surface area contributed by atoms with Gasteiger partial charge in [-0.1, -0.05) is 6.92 Å². The summed E-state index contributed by atoms with van der Waals surface area (Å²) in [5.74, 6) is 1.03. The summed E-state index contributed by atoms with van der Waals surface area (Å²) in [6.07, 6.45) is 12.0. The van der Waals surface area contributed by atoms with Crippen LogP contribution in [0.1, 0.15) is 31.2 Å². The first-order valence-corrected chi connectivity index (χ1v) is 9.18. The summed E-state index contributed by atoms with van der Waals surface area (Å²) >= 11 is 0. The Morgan fingerprint density at radius 3 is 2.92 bits per heavy atom. The molecule has 1 fully saturated rings. The highest BCUT2D eigenvalue weighted by atomic mass is 15.2. The average molecular weight is 350 g/mol. The van der Waals surface area contributed by atoms with E-state index < -0.39 is 0 Å². The Kier molecular flexibility index (Phi) is 4.36. The Balaban J connectivity index is 1.64. The highest BCUT2D eigenvalue weighted by Gasteiger charge is 2.35. The Labute approximate surface area is 154 Å². The molecule has 1 atom stereocenters. The zero-order valence-corrected chi connectivity index (χ0v) is 15.8. The number of fused-ring (bicyclic) bond motifs is 1. The van der Waals surface area contributed by atoms with E-state index in [4.69, 9.17) is 4.98 Å². The molecule has 4 rings (SSSR count). The molecule has 0 saturated carbocycles. The van der Waals surface area contributed by atoms with E-state index in [1.54, 1.807) is 12.4 Å². The van der Waals surface area contributed by atoms with Gasteiger partial charge in [-0.3, -0.25) is 14.9 Å². The minimum absolute atomic E-state index is 0.0314. The van der Waals surface area contributed by atoms with E-state index in [1.807, 2.05) is 6.20 Å². The summed E-state index contributed by atoms with van der Waals surface area (Å²) in [5, 5.41) is 0. The van der Waals surface area contributed by atoms with Crippen LogP contribution < -0.4 is 4.90 Å². The second-order valence-corrected chi connectivity index (χ2v) is 7.72. The topological polar surface area (TPSA) is 49.6 Å². The molecule has 3 aromatic rings. The predicted molar refractivity (Wildman–Crippen MR) is 103 cm³/mol. The van der Waals surface area contributed by atoms with Gasteiger partial charge in [0.25, 0.3) is 0 Å². The largest absolute Gasteiger partial charge is 0.361 e. The third-order valence-corrected chi connectivity index (χ3v) is 5.32. The number of hydrogen-bond acceptors (Lipinski definition) is 5. The molecule has 136 valence electrons. The molecule has 0 aliphatic carbocycles. The van der Waals surface area contributed by atoms with Crippen LogP contribution in [0.2, 0.25) is 0 Å². The fraction of sp³-hybridized carbons (Fsp3) is 0.450. The van der Waals surface area contributed by atoms with Gasteiger partial charge in [-0.25, -0.2) is 4.98 Å². The van der Waals surface area contributed by atoms with Gasteiger partial charge in [0.15, 0.2) is 5.82 Å². The molecule has 4 heterocycles. The summed E-state index contributed by atoms with van der Waals surface area (Å²) in [7, 11) is 4.12. The highest BCUT2D eigenvalue weighted by molar-refractivity contribution is 5.69. The lowest BCUT2D eigenvalue weighted by Gasteiger charge is -2.40. The second-order valence-electron chi connectivity index (χ2n) is 7.72. The molecule has 6 heteroatoms. The zero-order chi connectivity index (χ0) is 18.1. The van der Waals surface area contributed by atoms with Crippen LogP contribution in [0.4, 0.5) is 5.82 Å². The van der Waals surface area contributed by atoms with E-state index in [9.17, 15) is 0 Å². The molecule has 1 aliphatic rings. The Morgan fingerprint density at radius 2 is 2.15 bits per heavy atom. The van der Waals surface area contributed by atoms with E-state index in [1.165, 1.54) is 6.42 Å². The number of nitrogens with zero attached hydrogens (tertiary/aromatic N) is 6. The van der Waals surface area contributed by atoms with Gasteiger partial charge in [0.1, 0.15) is 0 Å². The van der Waals surface area contributed by atoms with E-state index >= 15 is 0 Å². The fourth-order valence-electron chi connectivity index (χ4n) is 3.98. The molecule has 0 N–H and O–H groups in total. The summed E-state index contributed by atoms with van der Waals surface area (Å²) in [6.45, 7) is 5.26. The van der Waals surface area contributed by atoms with E-state index in [0.29, 0.717) is 0 Å². The number of piperidine rings is 1. The van der Waals surface area contributed by atoms with Crippen molar-refractivity contribution in [3.63, 3.8) is 0 Å². The van der Waals surface area contributed by atoms with Crippen molar-refractivity contribution in [2.24, 2.45) is 0 Å². The van der Waals surface area contributed by atoms with Gasteiger partial charge in [0, 0.05) is 63.6 Å². The van der Waals surface area contributed by atoms with Crippen molar-refractivity contribution in [3.05, 3.63) is 54.5 Å². The lowest BCUT2D eigenvalue weighted by Crippen LogP contribution is -2.44. The number of hydrogen-bond donors (Lipinski definition) is 0. The molecular weight excluding hydrogens is 324 g/mol. The maximum Gasteiger partial charge on any atom is 0.152 e. The van der Waals surface area contributed by atoms with Crippen molar-refractivity contribution >= 4 is 11.3 Å². The molecule has 0 amide bonds. The summed E-state index contributed by atoms with van der Waals surface area (Å²) in [5.41, 5.74) is 3.37. The molecule has 3 aromatic heterocycles. The minimum Gasteiger partial charge on any atom is -0.361 e. The van der Waals surface area contributed by atoms with E-state index in [0.717, 1.165) is 48.8 Å². The van der Waals surface area contributed by atoms with Gasteiger partial charge in [-0.15, -0.1) is 0 Å². The maximum absolute atomic E-state index is 5.06. The Bertz CT molecular complexity index is 888. The van der Waals surface area contributed by atoms with Crippen LogP contribution in [0, 0.1) is 0 Å². The van der Waals surface area contributed by atoms with Crippen LogP contribution in [-0.2, 0) is 12.0 Å². The van der Waals surface area contributed by atoms with Crippen molar-refractivity contribution in [2.45, 2.75) is 31.7 Å². The van der Waals surface area contributed by atoms with Gasteiger partial charge in [-0.2, -0.15) is 0 Å². The smallest absolute Gasteiger partial charge is 0.152 e. The van der Waals surface area contributed by atoms with Crippen molar-refractivity contribution in [1.29, 1.82) is 0 Å². The lowest BCUT2D eigenvalue weighted by molar-refractivity contribution is 0.145. The molecule has 26 heavy (non-hydrogen) atoms. The van der Waals surface area contributed by atoms with Crippen LogP contribution in [0.15, 0.2) is 43.1 Å². The third kappa shape index (κ3) is 3.17. The second kappa shape index (κ2) is 6.68. The standard InChI is InChI=1S/C20H26N6/c1-20(7-5-10-25(15-20)13-16-12-21-8-9-22-16)18-14-26-11-4-6-17(26)19(23-18)24(2)3/h4,6,8-9,11-12,14H,5,7,10,13,15H2,1-3H3/t20-/m0/s1. The van der Waals surface area contributed by atoms with E-state index in [2.05, 4.69) is 69.7 Å². The molecule has 0 spiro atoms. The summed E-state index contributed by atoms with van der Waals surface area (Å²) in [6, 6.07) is 4.20. The molecule has 0 bridgehead atoms. The van der Waals surface area contributed by atoms with Crippen LogP contribution >= 0.6 is 0 Å². The number of likely N-dealkylation sites (tertiary alicyclic amines) is 1. The molecule has 1 aliphatic heterocycles. The first kappa shape index (κ1) is 17.0. The molecule has 0 radical (unpaired) electrons. The quantitative estimate of drug-likeness (QED) is 0.724. The van der Waals surface area contributed by atoms with Gasteiger partial charge < -0.3 is 9.30 Å². The fourth-order valence-corrected chi connectivity index (χ4v) is 3.98. The first-order chi connectivity index (χ1) is 12.5. The van der Waals surface area contributed by atoms with Crippen molar-refractivity contribution < 1.29 is 0 Å². The molecule has 0 aromatic carbocycles. The maximum atomic E-state index is 5.06. The minimum atomic E-state index is 0.0314. The molecular formula is C20H26N6. The highest BCUT2D eigenvalue weighted by Crippen LogP contribution is 2.34. The third-order valence-electron chi connectivity index (χ3n) is 5.32. The monoisotopic (exact) mass is 350 g/mol. The normalized spacial score (nSPS) is 21.2. The summed E-state index contributed by atoms with van der Waals surface area (Å²) in [4.78, 5) is 18.3. The average Bonchev–Trinajstić information content (AvgIpc) is 3.10. The Morgan fingerprint density at radius 1 is 1.27 bits per heavy atom. The Hall–Kier alpha value is -2.47. The first-order valence-electron chi connectivity index (χ1n) is 9.18. The van der Waals surface area contributed by atoms with E-state index in [-0.39, 0.29) is 5.41 Å². The van der Waals surface area contributed by atoms with Gasteiger partial charge in [-0.05, 0) is 31.5 Å². The number of rotatable bonds is 4. The van der Waals surface area contributed by atoms with Crippen molar-refractivity contribution in [2.75, 3.05) is 32.1 Å². The van der Waals surface area contributed by atoms with Gasteiger partial charge in [0.05, 0.1) is 16.9 Å². The molecule has 1 saturated heterocycles. The zero-order valence-electron chi connectivity index (χ0n) is 15.8. The predicted octanol–water partition coefficient (Wildman–Crippen LogP) is 2.74. The van der Waals surface area contributed by atoms with Gasteiger partial charge >= 0.3 is 0 Å². The lowest BCUT2D eigenvalue weighted by atomic mass is 9.79. The van der Waals surface area contributed by atoms with Crippen LogP contribution in [0.25, 0.3) is 5.52 Å². The van der Waals surface area contributed by atoms with Crippen molar-refractivity contribution in [3.8, 4) is 0 Å². The van der Waals surface area contributed by atoms with Gasteiger partial charge in [0.2, 0.25) is 0 Å². The number of aromatic nitrogens is 4. The molecule has 0 unspecified atom stereocenters.